The number of carbonyl (C=O) groups is 1. The second-order valence-electron chi connectivity index (χ2n) is 7.57. The Bertz CT molecular complexity index is 1600. The van der Waals surface area contributed by atoms with Gasteiger partial charge in [0.15, 0.2) is 0 Å². The summed E-state index contributed by atoms with van der Waals surface area (Å²) in [6.07, 6.45) is -4.93. The molecule has 0 spiro atoms. The van der Waals surface area contributed by atoms with Crippen molar-refractivity contribution in [1.82, 2.24) is 0 Å². The first-order valence-electron chi connectivity index (χ1n) is 10.3. The lowest BCUT2D eigenvalue weighted by Crippen LogP contribution is -2.16. The van der Waals surface area contributed by atoms with Gasteiger partial charge in [-0.1, -0.05) is 60.7 Å². The van der Waals surface area contributed by atoms with Gasteiger partial charge >= 0.3 is 12.1 Å². The third-order valence-corrected chi connectivity index (χ3v) is 5.40. The first kappa shape index (κ1) is 21.5. The zero-order chi connectivity index (χ0) is 23.9. The van der Waals surface area contributed by atoms with Gasteiger partial charge in [-0.15, -0.1) is 0 Å². The minimum absolute atomic E-state index is 0.0458. The number of carbonyl (C=O) groups excluding carboxylic acids is 1. The lowest BCUT2D eigenvalue weighted by molar-refractivity contribution is -0.152. The van der Waals surface area contributed by atoms with Crippen LogP contribution >= 0.6 is 0 Å². The van der Waals surface area contributed by atoms with E-state index in [4.69, 9.17) is 9.15 Å². The number of hydrogen-bond acceptors (Lipinski definition) is 4. The number of benzene rings is 4. The molecule has 1 aromatic heterocycles. The van der Waals surface area contributed by atoms with E-state index in [-0.39, 0.29) is 27.8 Å². The van der Waals surface area contributed by atoms with Gasteiger partial charge in [-0.2, -0.15) is 13.2 Å². The average molecular weight is 460 g/mol. The summed E-state index contributed by atoms with van der Waals surface area (Å²) in [6, 6.07) is 23.5. The summed E-state index contributed by atoms with van der Waals surface area (Å²) in [5.74, 6) is -2.14. The first-order valence-corrected chi connectivity index (χ1v) is 10.3. The Labute approximate surface area is 190 Å². The third kappa shape index (κ3) is 3.81. The lowest BCUT2D eigenvalue weighted by atomic mass is 9.96. The number of alkyl halides is 3. The standard InChI is InChI=1S/C27H15F3O4/c28-27(29,30)25-23(20-12-6-10-16-7-4-5-11-19(16)20)24(31)21-14-13-18(15-22(21)34-25)33-26(32)17-8-2-1-3-9-17/h1-15H. The second kappa shape index (κ2) is 8.19. The van der Waals surface area contributed by atoms with Gasteiger partial charge in [0.25, 0.3) is 0 Å². The van der Waals surface area contributed by atoms with Crippen molar-refractivity contribution in [2.75, 3.05) is 0 Å². The van der Waals surface area contributed by atoms with Crippen LogP contribution in [0.2, 0.25) is 0 Å². The van der Waals surface area contributed by atoms with Gasteiger partial charge in [-0.3, -0.25) is 4.79 Å². The summed E-state index contributed by atoms with van der Waals surface area (Å²) < 4.78 is 52.7. The topological polar surface area (TPSA) is 56.5 Å². The Balaban J connectivity index is 1.69. The highest BCUT2D eigenvalue weighted by molar-refractivity contribution is 5.99. The average Bonchev–Trinajstić information content (AvgIpc) is 2.83. The summed E-state index contributed by atoms with van der Waals surface area (Å²) in [5, 5.41) is 1.13. The van der Waals surface area contributed by atoms with Gasteiger partial charge in [0, 0.05) is 6.07 Å². The molecule has 0 radical (unpaired) electrons. The molecule has 0 N–H and O–H groups in total. The molecule has 34 heavy (non-hydrogen) atoms. The van der Waals surface area contributed by atoms with E-state index in [1.165, 1.54) is 18.2 Å². The van der Waals surface area contributed by atoms with E-state index in [0.717, 1.165) is 6.07 Å². The fraction of sp³-hybridized carbons (Fsp3) is 0.0370. The van der Waals surface area contributed by atoms with Crippen LogP contribution in [0.15, 0.2) is 100 Å². The molecule has 5 aromatic rings. The summed E-state index contributed by atoms with van der Waals surface area (Å²) in [7, 11) is 0. The van der Waals surface area contributed by atoms with E-state index in [0.29, 0.717) is 10.8 Å². The molecule has 0 saturated heterocycles. The molecule has 4 nitrogen and oxygen atoms in total. The lowest BCUT2D eigenvalue weighted by Gasteiger charge is -2.14. The van der Waals surface area contributed by atoms with Crippen molar-refractivity contribution in [3.05, 3.63) is 113 Å². The molecular formula is C27H15F3O4. The molecule has 0 unspecified atom stereocenters. The summed E-state index contributed by atoms with van der Waals surface area (Å²) in [5.41, 5.74) is -1.33. The summed E-state index contributed by atoms with van der Waals surface area (Å²) in [6.45, 7) is 0. The molecule has 0 atom stereocenters. The highest BCUT2D eigenvalue weighted by Gasteiger charge is 2.39. The zero-order valence-corrected chi connectivity index (χ0v) is 17.4. The highest BCUT2D eigenvalue weighted by atomic mass is 19.4. The quantitative estimate of drug-likeness (QED) is 0.218. The van der Waals surface area contributed by atoms with Gasteiger partial charge in [-0.05, 0) is 40.6 Å². The van der Waals surface area contributed by atoms with Crippen LogP contribution in [0.1, 0.15) is 16.1 Å². The van der Waals surface area contributed by atoms with Gasteiger partial charge in [0.05, 0.1) is 16.5 Å². The fourth-order valence-electron chi connectivity index (χ4n) is 3.86. The molecule has 5 rings (SSSR count). The molecule has 7 heteroatoms. The van der Waals surface area contributed by atoms with Gasteiger partial charge in [0.2, 0.25) is 11.2 Å². The second-order valence-corrected chi connectivity index (χ2v) is 7.57. The Morgan fingerprint density at radius 1 is 0.794 bits per heavy atom. The van der Waals surface area contributed by atoms with Crippen molar-refractivity contribution in [2.24, 2.45) is 0 Å². The largest absolute Gasteiger partial charge is 0.450 e. The predicted octanol–water partition coefficient (Wildman–Crippen LogP) is 6.85. The van der Waals surface area contributed by atoms with Crippen LogP contribution in [0.5, 0.6) is 5.75 Å². The summed E-state index contributed by atoms with van der Waals surface area (Å²) >= 11 is 0. The Kier molecular flexibility index (Phi) is 5.17. The predicted molar refractivity (Wildman–Crippen MR) is 122 cm³/mol. The smallest absolute Gasteiger partial charge is 0.450 e. The number of halogens is 3. The third-order valence-electron chi connectivity index (χ3n) is 5.40. The Morgan fingerprint density at radius 3 is 2.26 bits per heavy atom. The van der Waals surface area contributed by atoms with Crippen molar-refractivity contribution in [1.29, 1.82) is 0 Å². The Morgan fingerprint density at radius 2 is 1.50 bits per heavy atom. The van der Waals surface area contributed by atoms with Crippen LogP contribution in [-0.2, 0) is 6.18 Å². The molecule has 168 valence electrons. The van der Waals surface area contributed by atoms with Crippen LogP contribution < -0.4 is 10.2 Å². The van der Waals surface area contributed by atoms with Gasteiger partial charge in [-0.25, -0.2) is 4.79 Å². The van der Waals surface area contributed by atoms with E-state index in [1.807, 2.05) is 0 Å². The van der Waals surface area contributed by atoms with Crippen molar-refractivity contribution in [3.63, 3.8) is 0 Å². The zero-order valence-electron chi connectivity index (χ0n) is 17.4. The highest BCUT2D eigenvalue weighted by Crippen LogP contribution is 2.39. The van der Waals surface area contributed by atoms with Crippen LogP contribution in [-0.4, -0.2) is 5.97 Å². The van der Waals surface area contributed by atoms with Gasteiger partial charge in [0.1, 0.15) is 11.3 Å². The van der Waals surface area contributed by atoms with Crippen LogP contribution in [0, 0.1) is 0 Å². The minimum atomic E-state index is -4.93. The van der Waals surface area contributed by atoms with Crippen molar-refractivity contribution >= 4 is 27.7 Å². The van der Waals surface area contributed by atoms with E-state index >= 15 is 0 Å². The monoisotopic (exact) mass is 460 g/mol. The number of rotatable bonds is 3. The normalized spacial score (nSPS) is 11.6. The van der Waals surface area contributed by atoms with Crippen LogP contribution in [0.4, 0.5) is 13.2 Å². The van der Waals surface area contributed by atoms with Crippen molar-refractivity contribution in [2.45, 2.75) is 6.18 Å². The minimum Gasteiger partial charge on any atom is -0.450 e. The van der Waals surface area contributed by atoms with E-state index < -0.39 is 28.9 Å². The molecule has 1 heterocycles. The number of ether oxygens (including phenoxy) is 1. The van der Waals surface area contributed by atoms with Gasteiger partial charge < -0.3 is 9.15 Å². The fourth-order valence-corrected chi connectivity index (χ4v) is 3.86. The molecule has 0 saturated carbocycles. The van der Waals surface area contributed by atoms with Crippen molar-refractivity contribution in [3.8, 4) is 16.9 Å². The molecule has 0 aliphatic rings. The van der Waals surface area contributed by atoms with Crippen molar-refractivity contribution < 1.29 is 27.1 Å². The number of esters is 1. The maximum Gasteiger partial charge on any atom is 0.450 e. The van der Waals surface area contributed by atoms with Crippen LogP contribution in [0.25, 0.3) is 32.9 Å². The molecule has 0 amide bonds. The molecule has 0 bridgehead atoms. The summed E-state index contributed by atoms with van der Waals surface area (Å²) in [4.78, 5) is 25.6. The molecule has 4 aromatic carbocycles. The van der Waals surface area contributed by atoms with Crippen LogP contribution in [0.3, 0.4) is 0 Å². The molecule has 0 aliphatic carbocycles. The first-order chi connectivity index (χ1) is 16.3. The number of hydrogen-bond donors (Lipinski definition) is 0. The van der Waals surface area contributed by atoms with E-state index in [9.17, 15) is 22.8 Å². The molecule has 0 fully saturated rings. The SMILES string of the molecule is O=C(Oc1ccc2c(=O)c(-c3cccc4ccccc34)c(C(F)(F)F)oc2c1)c1ccccc1. The van der Waals surface area contributed by atoms with E-state index in [1.54, 1.807) is 66.7 Å². The molecular weight excluding hydrogens is 445 g/mol. The number of fused-ring (bicyclic) bond motifs is 2. The maximum absolute atomic E-state index is 14.1. The van der Waals surface area contributed by atoms with E-state index in [2.05, 4.69) is 0 Å². The molecule has 0 aliphatic heterocycles. The Hall–Kier alpha value is -4.39. The maximum atomic E-state index is 14.1.